The van der Waals surface area contributed by atoms with E-state index in [4.69, 9.17) is 42.1 Å². The highest BCUT2D eigenvalue weighted by atomic mass is 35.5. The monoisotopic (exact) mass is 481 g/mol. The average molecular weight is 482 g/mol. The van der Waals surface area contributed by atoms with Gasteiger partial charge < -0.3 is 18.9 Å². The Labute approximate surface area is 199 Å². The predicted octanol–water partition coefficient (Wildman–Crippen LogP) is 5.88. The van der Waals surface area contributed by atoms with E-state index in [1.54, 1.807) is 25.5 Å². The normalized spacial score (nSPS) is 12.7. The number of nitrogens with zero attached hydrogens (tertiary/aromatic N) is 1. The molecule has 2 aromatic carbocycles. The summed E-state index contributed by atoms with van der Waals surface area (Å²) in [4.78, 5) is 17.3. The van der Waals surface area contributed by atoms with Crippen LogP contribution in [-0.2, 0) is 19.0 Å². The molecule has 0 heterocycles. The second-order valence-corrected chi connectivity index (χ2v) is 8.81. The predicted molar refractivity (Wildman–Crippen MR) is 127 cm³/mol. The average Bonchev–Trinajstić information content (AvgIpc) is 2.71. The van der Waals surface area contributed by atoms with Gasteiger partial charge in [-0.15, -0.1) is 0 Å². The Kier molecular flexibility index (Phi) is 10.5. The Bertz CT molecular complexity index is 897. The minimum absolute atomic E-state index is 0.0157. The molecule has 0 radical (unpaired) electrons. The smallest absolute Gasteiger partial charge is 0.308 e. The fourth-order valence-electron chi connectivity index (χ4n) is 2.78. The van der Waals surface area contributed by atoms with E-state index < -0.39 is 17.6 Å². The molecule has 0 amide bonds. The van der Waals surface area contributed by atoms with Crippen molar-refractivity contribution in [1.82, 2.24) is 0 Å². The third-order valence-corrected chi connectivity index (χ3v) is 4.60. The Balaban J connectivity index is 2.35. The number of halogens is 2. The van der Waals surface area contributed by atoms with Crippen LogP contribution in [-0.4, -0.2) is 44.9 Å². The van der Waals surface area contributed by atoms with Crippen LogP contribution in [0.15, 0.2) is 47.5 Å². The van der Waals surface area contributed by atoms with Crippen molar-refractivity contribution in [1.29, 1.82) is 0 Å². The van der Waals surface area contributed by atoms with Gasteiger partial charge in [0.05, 0.1) is 30.7 Å². The summed E-state index contributed by atoms with van der Waals surface area (Å²) < 4.78 is 21.7. The van der Waals surface area contributed by atoms with Crippen LogP contribution in [0.3, 0.4) is 0 Å². The van der Waals surface area contributed by atoms with Gasteiger partial charge in [0.15, 0.2) is 6.79 Å². The maximum absolute atomic E-state index is 12.6. The minimum Gasteiger partial charge on any atom is -0.466 e. The van der Waals surface area contributed by atoms with Gasteiger partial charge in [-0.25, -0.2) is 0 Å². The Hall–Kier alpha value is -2.12. The summed E-state index contributed by atoms with van der Waals surface area (Å²) in [5.74, 6) is -0.0432. The van der Waals surface area contributed by atoms with E-state index in [-0.39, 0.29) is 13.2 Å². The highest BCUT2D eigenvalue weighted by Crippen LogP contribution is 2.39. The van der Waals surface area contributed by atoms with Gasteiger partial charge >= 0.3 is 5.97 Å². The molecule has 1 unspecified atom stereocenters. The lowest BCUT2D eigenvalue weighted by Crippen LogP contribution is -2.25. The second-order valence-electron chi connectivity index (χ2n) is 7.96. The van der Waals surface area contributed by atoms with Crippen molar-refractivity contribution in [3.05, 3.63) is 63.6 Å². The fraction of sp³-hybridized carbons (Fsp3) is 0.417. The van der Waals surface area contributed by atoms with Crippen LogP contribution < -0.4 is 4.74 Å². The zero-order valence-corrected chi connectivity index (χ0v) is 20.3. The van der Waals surface area contributed by atoms with Gasteiger partial charge in [-0.3, -0.25) is 9.79 Å². The second kappa shape index (κ2) is 12.8. The molecule has 0 aliphatic carbocycles. The van der Waals surface area contributed by atoms with Gasteiger partial charge in [-0.2, -0.15) is 0 Å². The molecule has 0 bridgehead atoms. The molecule has 0 aliphatic heterocycles. The number of benzene rings is 2. The van der Waals surface area contributed by atoms with Gasteiger partial charge in [0.2, 0.25) is 0 Å². The maximum atomic E-state index is 12.6. The molecule has 174 valence electrons. The molecule has 0 saturated carbocycles. The van der Waals surface area contributed by atoms with Crippen LogP contribution in [0.25, 0.3) is 0 Å². The quantitative estimate of drug-likeness (QED) is 0.173. The minimum atomic E-state index is -0.629. The Morgan fingerprint density at radius 1 is 1.12 bits per heavy atom. The number of aliphatic imine (C=N–C) groups is 1. The molecule has 0 N–H and O–H groups in total. The zero-order chi connectivity index (χ0) is 23.6. The molecule has 0 spiro atoms. The topological polar surface area (TPSA) is 66.4 Å². The van der Waals surface area contributed by atoms with Crippen molar-refractivity contribution in [3.8, 4) is 5.75 Å². The third-order valence-electron chi connectivity index (χ3n) is 4.10. The molecular formula is C24H29Cl2NO5. The summed E-state index contributed by atoms with van der Waals surface area (Å²) in [5.41, 5.74) is 0.835. The van der Waals surface area contributed by atoms with Gasteiger partial charge in [0.25, 0.3) is 0 Å². The van der Waals surface area contributed by atoms with Crippen LogP contribution >= 0.6 is 23.2 Å². The number of methoxy groups -OCH3 is 1. The highest BCUT2D eigenvalue weighted by Gasteiger charge is 2.25. The van der Waals surface area contributed by atoms with Gasteiger partial charge in [-0.1, -0.05) is 53.5 Å². The lowest BCUT2D eigenvalue weighted by molar-refractivity contribution is -0.155. The van der Waals surface area contributed by atoms with Crippen LogP contribution in [0.2, 0.25) is 10.0 Å². The number of ether oxygens (including phenoxy) is 4. The molecule has 0 saturated heterocycles. The SMILES string of the molecule is COCCOCOc1c(Cl)cc(Cl)cc1C(CC(=O)OC(C)(C)C)N=Cc1ccccc1. The van der Waals surface area contributed by atoms with Crippen molar-refractivity contribution in [2.45, 2.75) is 38.8 Å². The molecule has 0 aromatic heterocycles. The highest BCUT2D eigenvalue weighted by molar-refractivity contribution is 6.35. The fourth-order valence-corrected chi connectivity index (χ4v) is 3.34. The van der Waals surface area contributed by atoms with Crippen molar-refractivity contribution in [2.75, 3.05) is 27.1 Å². The number of hydrogen-bond acceptors (Lipinski definition) is 6. The van der Waals surface area contributed by atoms with E-state index in [0.29, 0.717) is 34.6 Å². The van der Waals surface area contributed by atoms with E-state index >= 15 is 0 Å². The molecule has 8 heteroatoms. The van der Waals surface area contributed by atoms with Crippen molar-refractivity contribution in [2.24, 2.45) is 4.99 Å². The third kappa shape index (κ3) is 9.17. The first-order chi connectivity index (χ1) is 15.2. The van der Waals surface area contributed by atoms with E-state index in [1.807, 2.05) is 51.1 Å². The van der Waals surface area contributed by atoms with Gasteiger partial charge in [0, 0.05) is 23.9 Å². The van der Waals surface area contributed by atoms with Crippen LogP contribution in [0.4, 0.5) is 0 Å². The van der Waals surface area contributed by atoms with E-state index in [0.717, 1.165) is 5.56 Å². The summed E-state index contributed by atoms with van der Waals surface area (Å²) in [6.45, 7) is 6.21. The van der Waals surface area contributed by atoms with E-state index in [2.05, 4.69) is 4.99 Å². The van der Waals surface area contributed by atoms with Crippen molar-refractivity contribution < 1.29 is 23.7 Å². The van der Waals surface area contributed by atoms with E-state index in [1.165, 1.54) is 0 Å². The first-order valence-corrected chi connectivity index (χ1v) is 10.9. The molecule has 1 atom stereocenters. The molecule has 32 heavy (non-hydrogen) atoms. The van der Waals surface area contributed by atoms with Crippen molar-refractivity contribution >= 4 is 35.4 Å². The zero-order valence-electron chi connectivity index (χ0n) is 18.8. The Morgan fingerprint density at radius 2 is 1.84 bits per heavy atom. The van der Waals surface area contributed by atoms with Crippen LogP contribution in [0.1, 0.15) is 44.4 Å². The summed E-state index contributed by atoms with van der Waals surface area (Å²) in [6, 6.07) is 12.2. The van der Waals surface area contributed by atoms with Crippen molar-refractivity contribution in [3.63, 3.8) is 0 Å². The maximum Gasteiger partial charge on any atom is 0.308 e. The van der Waals surface area contributed by atoms with Gasteiger partial charge in [-0.05, 0) is 38.5 Å². The number of esters is 1. The summed E-state index contributed by atoms with van der Waals surface area (Å²) in [5, 5.41) is 0.702. The van der Waals surface area contributed by atoms with Gasteiger partial charge in [0.1, 0.15) is 11.4 Å². The summed E-state index contributed by atoms with van der Waals surface area (Å²) in [6.07, 6.45) is 1.68. The Morgan fingerprint density at radius 3 is 2.50 bits per heavy atom. The number of carbonyl (C=O) groups is 1. The number of hydrogen-bond donors (Lipinski definition) is 0. The van der Waals surface area contributed by atoms with E-state index in [9.17, 15) is 4.79 Å². The molecule has 0 aliphatic rings. The summed E-state index contributed by atoms with van der Waals surface area (Å²) in [7, 11) is 1.59. The van der Waals surface area contributed by atoms with Crippen LogP contribution in [0.5, 0.6) is 5.75 Å². The number of rotatable bonds is 11. The summed E-state index contributed by atoms with van der Waals surface area (Å²) >= 11 is 12.7. The molecule has 0 fully saturated rings. The number of carbonyl (C=O) groups excluding carboxylic acids is 1. The first kappa shape index (κ1) is 26.1. The molecule has 6 nitrogen and oxygen atoms in total. The van der Waals surface area contributed by atoms with Crippen LogP contribution in [0, 0.1) is 0 Å². The molecule has 2 rings (SSSR count). The first-order valence-electron chi connectivity index (χ1n) is 10.2. The largest absolute Gasteiger partial charge is 0.466 e. The molecular weight excluding hydrogens is 453 g/mol. The lowest BCUT2D eigenvalue weighted by atomic mass is 10.0. The lowest BCUT2D eigenvalue weighted by Gasteiger charge is -2.22. The standard InChI is InChI=1S/C24H29Cl2NO5/c1-24(2,3)32-22(28)14-21(27-15-17-8-6-5-7-9-17)19-12-18(25)13-20(26)23(19)31-16-30-11-10-29-4/h5-9,12-13,15,21H,10-11,14,16H2,1-4H3. The molecule has 2 aromatic rings.